The van der Waals surface area contributed by atoms with Crippen molar-refractivity contribution in [2.45, 2.75) is 46.5 Å². The Balaban J connectivity index is 1.61. The number of aromatic nitrogens is 2. The van der Waals surface area contributed by atoms with Gasteiger partial charge < -0.3 is 9.47 Å². The van der Waals surface area contributed by atoms with Gasteiger partial charge in [-0.2, -0.15) is 5.10 Å². The highest BCUT2D eigenvalue weighted by molar-refractivity contribution is 7.19. The normalized spacial score (nSPS) is 16.5. The van der Waals surface area contributed by atoms with Gasteiger partial charge in [-0.15, -0.1) is 11.3 Å². The number of thiophene rings is 1. The lowest BCUT2D eigenvalue weighted by molar-refractivity contribution is 0.184. The third-order valence-electron chi connectivity index (χ3n) is 6.65. The second-order valence-corrected chi connectivity index (χ2v) is 9.76. The average Bonchev–Trinajstić information content (AvgIpc) is 3.17. The number of methoxy groups -OCH3 is 2. The lowest BCUT2D eigenvalue weighted by Gasteiger charge is -2.36. The van der Waals surface area contributed by atoms with Gasteiger partial charge in [-0.3, -0.25) is 5.43 Å². The molecule has 164 valence electrons. The molecule has 0 aliphatic heterocycles. The van der Waals surface area contributed by atoms with E-state index in [-0.39, 0.29) is 0 Å². The number of hydrazone groups is 1. The smallest absolute Gasteiger partial charge is 0.161 e. The first kappa shape index (κ1) is 21.6. The van der Waals surface area contributed by atoms with Crippen molar-refractivity contribution < 1.29 is 9.47 Å². The summed E-state index contributed by atoms with van der Waals surface area (Å²) in [5, 5.41) is 5.58. The van der Waals surface area contributed by atoms with Crippen molar-refractivity contribution in [1.29, 1.82) is 0 Å². The number of hydrogen-bond donors (Lipinski definition) is 1. The van der Waals surface area contributed by atoms with Crippen LogP contribution in [0.15, 0.2) is 29.6 Å². The van der Waals surface area contributed by atoms with E-state index in [9.17, 15) is 0 Å². The number of aryl methyl sites for hydroxylation is 1. The second-order valence-electron chi connectivity index (χ2n) is 8.67. The maximum atomic E-state index is 5.37. The topological polar surface area (TPSA) is 68.6 Å². The number of anilines is 1. The Morgan fingerprint density at radius 1 is 1.23 bits per heavy atom. The highest BCUT2D eigenvalue weighted by atomic mass is 32.1. The molecule has 1 unspecified atom stereocenters. The summed E-state index contributed by atoms with van der Waals surface area (Å²) in [6, 6.07) is 5.70. The number of rotatable bonds is 7. The lowest BCUT2D eigenvalue weighted by atomic mass is 9.69. The molecule has 6 nitrogen and oxygen atoms in total. The quantitative estimate of drug-likeness (QED) is 0.379. The molecular weight excluding hydrogens is 408 g/mol. The molecule has 1 aliphatic carbocycles. The lowest BCUT2D eigenvalue weighted by Crippen LogP contribution is -2.28. The molecule has 0 saturated heterocycles. The van der Waals surface area contributed by atoms with Gasteiger partial charge in [-0.25, -0.2) is 9.97 Å². The predicted molar refractivity (Wildman–Crippen MR) is 128 cm³/mol. The molecule has 0 spiro atoms. The van der Waals surface area contributed by atoms with Gasteiger partial charge in [-0.1, -0.05) is 27.2 Å². The summed E-state index contributed by atoms with van der Waals surface area (Å²) >= 11 is 1.80. The highest BCUT2D eigenvalue weighted by Crippen LogP contribution is 2.45. The van der Waals surface area contributed by atoms with E-state index < -0.39 is 0 Å². The minimum absolute atomic E-state index is 0.334. The van der Waals surface area contributed by atoms with Gasteiger partial charge in [-0.05, 0) is 59.9 Å². The molecule has 4 rings (SSSR count). The average molecular weight is 439 g/mol. The summed E-state index contributed by atoms with van der Waals surface area (Å²) in [5.74, 6) is 2.81. The largest absolute Gasteiger partial charge is 0.493 e. The fourth-order valence-corrected chi connectivity index (χ4v) is 5.43. The summed E-state index contributed by atoms with van der Waals surface area (Å²) in [4.78, 5) is 11.6. The van der Waals surface area contributed by atoms with Gasteiger partial charge in [0.15, 0.2) is 17.3 Å². The van der Waals surface area contributed by atoms with Gasteiger partial charge >= 0.3 is 0 Å². The van der Waals surface area contributed by atoms with Crippen LogP contribution < -0.4 is 14.9 Å². The number of ether oxygens (including phenoxy) is 2. The molecule has 0 bridgehead atoms. The van der Waals surface area contributed by atoms with Crippen molar-refractivity contribution in [3.05, 3.63) is 40.5 Å². The predicted octanol–water partition coefficient (Wildman–Crippen LogP) is 5.70. The van der Waals surface area contributed by atoms with E-state index in [0.717, 1.165) is 34.4 Å². The number of nitrogens with one attached hydrogen (secondary N) is 1. The van der Waals surface area contributed by atoms with Crippen LogP contribution in [-0.4, -0.2) is 30.4 Å². The summed E-state index contributed by atoms with van der Waals surface area (Å²) < 4.78 is 10.7. The molecule has 1 N–H and O–H groups in total. The summed E-state index contributed by atoms with van der Waals surface area (Å²) in [6.07, 6.45) is 8.01. The number of fused-ring (bicyclic) bond motifs is 3. The SMILES string of the molecule is CCC(C)(C)C1CCc2sc3ncnc(N/N=C\c4ccc(OC)c(OC)c4)c3c2C1. The minimum Gasteiger partial charge on any atom is -0.493 e. The Morgan fingerprint density at radius 2 is 2.03 bits per heavy atom. The van der Waals surface area contributed by atoms with Crippen molar-refractivity contribution in [2.24, 2.45) is 16.4 Å². The van der Waals surface area contributed by atoms with Gasteiger partial charge in [0.05, 0.1) is 25.8 Å². The number of nitrogens with zero attached hydrogens (tertiary/aromatic N) is 3. The van der Waals surface area contributed by atoms with E-state index in [1.165, 1.54) is 23.3 Å². The summed E-state index contributed by atoms with van der Waals surface area (Å²) in [5.41, 5.74) is 5.81. The number of benzene rings is 1. The molecule has 3 aromatic rings. The van der Waals surface area contributed by atoms with Crippen molar-refractivity contribution in [3.8, 4) is 11.5 Å². The third-order valence-corrected chi connectivity index (χ3v) is 7.85. The van der Waals surface area contributed by atoms with E-state index >= 15 is 0 Å². The number of hydrogen-bond acceptors (Lipinski definition) is 7. The van der Waals surface area contributed by atoms with Crippen LogP contribution >= 0.6 is 11.3 Å². The molecule has 0 radical (unpaired) electrons. The van der Waals surface area contributed by atoms with Crippen LogP contribution in [0.2, 0.25) is 0 Å². The molecule has 0 fully saturated rings. The Kier molecular flexibility index (Phi) is 6.14. The fourth-order valence-electron chi connectivity index (χ4n) is 4.25. The van der Waals surface area contributed by atoms with E-state index in [2.05, 4.69) is 41.3 Å². The first-order chi connectivity index (χ1) is 15.0. The zero-order valence-corrected chi connectivity index (χ0v) is 19.7. The standard InChI is InChI=1S/C24H30N4O2S/c1-6-24(2,3)16-8-10-20-17(12-16)21-22(25-14-26-23(21)31-20)28-27-13-15-7-9-18(29-4)19(11-15)30-5/h7,9,11,13-14,16H,6,8,10,12H2,1-5H3,(H,25,26,28)/b27-13-. The Bertz CT molecular complexity index is 1110. The molecule has 1 atom stereocenters. The first-order valence-electron chi connectivity index (χ1n) is 10.7. The van der Waals surface area contributed by atoms with Crippen molar-refractivity contribution in [2.75, 3.05) is 19.6 Å². The molecule has 2 aromatic heterocycles. The third kappa shape index (κ3) is 4.24. The van der Waals surface area contributed by atoms with E-state index in [4.69, 9.17) is 9.47 Å². The zero-order valence-electron chi connectivity index (χ0n) is 18.9. The molecule has 2 heterocycles. The van der Waals surface area contributed by atoms with Crippen molar-refractivity contribution >= 4 is 33.6 Å². The second kappa shape index (κ2) is 8.83. The summed E-state index contributed by atoms with van der Waals surface area (Å²) in [6.45, 7) is 7.07. The molecule has 7 heteroatoms. The van der Waals surface area contributed by atoms with Crippen molar-refractivity contribution in [1.82, 2.24) is 9.97 Å². The van der Waals surface area contributed by atoms with E-state index in [1.807, 2.05) is 18.2 Å². The molecule has 1 aromatic carbocycles. The van der Waals surface area contributed by atoms with Crippen molar-refractivity contribution in [3.63, 3.8) is 0 Å². The van der Waals surface area contributed by atoms with E-state index in [1.54, 1.807) is 38.1 Å². The van der Waals surface area contributed by atoms with Crippen LogP contribution in [0.1, 0.15) is 49.6 Å². The fraction of sp³-hybridized carbons (Fsp3) is 0.458. The minimum atomic E-state index is 0.334. The Hall–Kier alpha value is -2.67. The van der Waals surface area contributed by atoms with Crippen LogP contribution in [0.25, 0.3) is 10.2 Å². The van der Waals surface area contributed by atoms with Gasteiger partial charge in [0, 0.05) is 4.88 Å². The van der Waals surface area contributed by atoms with Gasteiger partial charge in [0.1, 0.15) is 11.2 Å². The molecule has 31 heavy (non-hydrogen) atoms. The van der Waals surface area contributed by atoms with E-state index in [0.29, 0.717) is 22.8 Å². The van der Waals surface area contributed by atoms with Crippen LogP contribution in [0.5, 0.6) is 11.5 Å². The van der Waals surface area contributed by atoms with Crippen LogP contribution in [0.3, 0.4) is 0 Å². The first-order valence-corrected chi connectivity index (χ1v) is 11.5. The molecular formula is C24H30N4O2S. The maximum absolute atomic E-state index is 5.37. The summed E-state index contributed by atoms with van der Waals surface area (Å²) in [7, 11) is 3.25. The zero-order chi connectivity index (χ0) is 22.0. The molecule has 0 saturated carbocycles. The van der Waals surface area contributed by atoms with Crippen LogP contribution in [0, 0.1) is 11.3 Å². The van der Waals surface area contributed by atoms with Crippen LogP contribution in [0.4, 0.5) is 5.82 Å². The molecule has 1 aliphatic rings. The van der Waals surface area contributed by atoms with Gasteiger partial charge in [0.25, 0.3) is 0 Å². The van der Waals surface area contributed by atoms with Crippen LogP contribution in [-0.2, 0) is 12.8 Å². The Morgan fingerprint density at radius 3 is 2.77 bits per heavy atom. The van der Waals surface area contributed by atoms with Gasteiger partial charge in [0.2, 0.25) is 0 Å². The molecule has 0 amide bonds. The Labute approximate surface area is 187 Å². The maximum Gasteiger partial charge on any atom is 0.161 e. The highest BCUT2D eigenvalue weighted by Gasteiger charge is 2.33. The monoisotopic (exact) mass is 438 g/mol.